The Balaban J connectivity index is 1.33. The number of amides is 1. The van der Waals surface area contributed by atoms with Gasteiger partial charge in [0, 0.05) is 48.3 Å². The number of fused-ring (bicyclic) bond motifs is 1. The maximum Gasteiger partial charge on any atom is 0.253 e. The van der Waals surface area contributed by atoms with Crippen molar-refractivity contribution in [3.05, 3.63) is 99.6 Å². The highest BCUT2D eigenvalue weighted by molar-refractivity contribution is 5.83. The predicted octanol–water partition coefficient (Wildman–Crippen LogP) is 3.98. The van der Waals surface area contributed by atoms with E-state index in [-0.39, 0.29) is 17.9 Å². The molecule has 5 aromatic rings. The van der Waals surface area contributed by atoms with E-state index in [0.29, 0.717) is 24.2 Å². The molecule has 0 bridgehead atoms. The molecule has 0 saturated carbocycles. The SMILES string of the molecule is Cc1nn(C)c2[nH]c(=O)c(CCC(=O)NCc3cn(-c4ccccc4)nc3-c3ccccc3)c(C)c12. The van der Waals surface area contributed by atoms with Crippen molar-refractivity contribution < 1.29 is 4.79 Å². The number of pyridine rings is 1. The molecule has 0 spiro atoms. The molecule has 5 rings (SSSR count). The third-order valence-corrected chi connectivity index (χ3v) is 6.49. The quantitative estimate of drug-likeness (QED) is 0.368. The first kappa shape index (κ1) is 23.3. The number of nitrogens with one attached hydrogen (secondary N) is 2. The highest BCUT2D eigenvalue weighted by Crippen LogP contribution is 2.24. The first-order valence-electron chi connectivity index (χ1n) is 11.9. The average molecular weight is 481 g/mol. The largest absolute Gasteiger partial charge is 0.352 e. The van der Waals surface area contributed by atoms with Crippen molar-refractivity contribution in [1.29, 1.82) is 0 Å². The number of aryl methyl sites for hydroxylation is 3. The fourth-order valence-corrected chi connectivity index (χ4v) is 4.67. The molecule has 0 aliphatic heterocycles. The van der Waals surface area contributed by atoms with Gasteiger partial charge in [-0.1, -0.05) is 48.5 Å². The average Bonchev–Trinajstić information content (AvgIpc) is 3.44. The maximum atomic E-state index is 12.8. The summed E-state index contributed by atoms with van der Waals surface area (Å²) in [6.07, 6.45) is 2.51. The van der Waals surface area contributed by atoms with E-state index in [1.807, 2.05) is 92.4 Å². The van der Waals surface area contributed by atoms with Crippen LogP contribution < -0.4 is 10.9 Å². The van der Waals surface area contributed by atoms with Gasteiger partial charge >= 0.3 is 0 Å². The minimum absolute atomic E-state index is 0.122. The second-order valence-electron chi connectivity index (χ2n) is 8.92. The third-order valence-electron chi connectivity index (χ3n) is 6.49. The number of H-pyrrole nitrogens is 1. The van der Waals surface area contributed by atoms with Crippen LogP contribution in [0.1, 0.15) is 28.8 Å². The monoisotopic (exact) mass is 480 g/mol. The first-order valence-corrected chi connectivity index (χ1v) is 11.9. The minimum Gasteiger partial charge on any atom is -0.352 e. The number of nitrogens with zero attached hydrogens (tertiary/aromatic N) is 4. The summed E-state index contributed by atoms with van der Waals surface area (Å²) in [4.78, 5) is 28.4. The molecule has 1 amide bonds. The summed E-state index contributed by atoms with van der Waals surface area (Å²) in [5.41, 5.74) is 6.55. The third kappa shape index (κ3) is 4.45. The number of aromatic nitrogens is 5. The smallest absolute Gasteiger partial charge is 0.253 e. The molecule has 0 unspecified atom stereocenters. The van der Waals surface area contributed by atoms with E-state index < -0.39 is 0 Å². The lowest BCUT2D eigenvalue weighted by Crippen LogP contribution is -2.25. The fourth-order valence-electron chi connectivity index (χ4n) is 4.67. The Morgan fingerprint density at radius 1 is 1.00 bits per heavy atom. The zero-order valence-corrected chi connectivity index (χ0v) is 20.6. The number of para-hydroxylation sites is 1. The summed E-state index contributed by atoms with van der Waals surface area (Å²) in [5.74, 6) is -0.122. The van der Waals surface area contributed by atoms with Gasteiger partial charge in [-0.15, -0.1) is 0 Å². The van der Waals surface area contributed by atoms with Crippen molar-refractivity contribution in [2.45, 2.75) is 33.2 Å². The van der Waals surface area contributed by atoms with Crippen molar-refractivity contribution in [2.75, 3.05) is 0 Å². The van der Waals surface area contributed by atoms with E-state index in [1.165, 1.54) is 0 Å². The summed E-state index contributed by atoms with van der Waals surface area (Å²) < 4.78 is 3.51. The Labute approximate surface area is 208 Å². The van der Waals surface area contributed by atoms with Crippen LogP contribution >= 0.6 is 0 Å². The molecule has 8 nitrogen and oxygen atoms in total. The van der Waals surface area contributed by atoms with Gasteiger partial charge in [0.1, 0.15) is 5.65 Å². The van der Waals surface area contributed by atoms with Crippen LogP contribution in [-0.2, 0) is 24.8 Å². The van der Waals surface area contributed by atoms with Crippen LogP contribution in [0.2, 0.25) is 0 Å². The van der Waals surface area contributed by atoms with Gasteiger partial charge in [0.05, 0.1) is 17.1 Å². The summed E-state index contributed by atoms with van der Waals surface area (Å²) in [5, 5.41) is 13.2. The Morgan fingerprint density at radius 3 is 2.42 bits per heavy atom. The maximum absolute atomic E-state index is 12.8. The van der Waals surface area contributed by atoms with Crippen molar-refractivity contribution >= 4 is 16.9 Å². The van der Waals surface area contributed by atoms with Crippen molar-refractivity contribution in [1.82, 2.24) is 29.9 Å². The molecule has 0 atom stereocenters. The van der Waals surface area contributed by atoms with Gasteiger partial charge in [0.25, 0.3) is 5.56 Å². The number of carbonyl (C=O) groups excluding carboxylic acids is 1. The zero-order chi connectivity index (χ0) is 25.2. The first-order chi connectivity index (χ1) is 17.4. The van der Waals surface area contributed by atoms with E-state index in [4.69, 9.17) is 5.10 Å². The lowest BCUT2D eigenvalue weighted by molar-refractivity contribution is -0.121. The van der Waals surface area contributed by atoms with E-state index >= 15 is 0 Å². The number of benzene rings is 2. The fraction of sp³-hybridized carbons (Fsp3) is 0.214. The number of hydrogen-bond donors (Lipinski definition) is 2. The normalized spacial score (nSPS) is 11.2. The number of carbonyl (C=O) groups is 1. The standard InChI is InChI=1S/C28H28N6O2/c1-18-23(28(36)30-27-25(18)19(2)31-33(27)3)14-15-24(35)29-16-21-17-34(22-12-8-5-9-13-22)32-26(21)20-10-6-4-7-11-20/h4-13,17H,14-16H2,1-3H3,(H,29,35)(H,30,36). The van der Waals surface area contributed by atoms with Gasteiger partial charge < -0.3 is 10.3 Å². The van der Waals surface area contributed by atoms with Gasteiger partial charge in [-0.05, 0) is 38.0 Å². The van der Waals surface area contributed by atoms with Gasteiger partial charge in [-0.3, -0.25) is 14.3 Å². The van der Waals surface area contributed by atoms with Crippen LogP contribution in [-0.4, -0.2) is 30.5 Å². The van der Waals surface area contributed by atoms with Gasteiger partial charge in [-0.2, -0.15) is 10.2 Å². The Kier molecular flexibility index (Phi) is 6.25. The van der Waals surface area contributed by atoms with Crippen molar-refractivity contribution in [3.63, 3.8) is 0 Å². The molecule has 0 radical (unpaired) electrons. The summed E-state index contributed by atoms with van der Waals surface area (Å²) in [6.45, 7) is 4.18. The second-order valence-corrected chi connectivity index (χ2v) is 8.92. The Hall–Kier alpha value is -4.46. The molecule has 2 N–H and O–H groups in total. The summed E-state index contributed by atoms with van der Waals surface area (Å²) in [7, 11) is 1.81. The number of aromatic amines is 1. The van der Waals surface area contributed by atoms with Crippen LogP contribution in [0.5, 0.6) is 0 Å². The van der Waals surface area contributed by atoms with Crippen LogP contribution in [0, 0.1) is 13.8 Å². The molecule has 0 aliphatic carbocycles. The Bertz CT molecular complexity index is 1600. The molecular formula is C28H28N6O2. The minimum atomic E-state index is -0.175. The van der Waals surface area contributed by atoms with Gasteiger partial charge in [-0.25, -0.2) is 4.68 Å². The lowest BCUT2D eigenvalue weighted by Gasteiger charge is -2.08. The molecule has 0 aliphatic rings. The van der Waals surface area contributed by atoms with E-state index in [0.717, 1.165) is 39.2 Å². The van der Waals surface area contributed by atoms with Crippen molar-refractivity contribution in [3.8, 4) is 16.9 Å². The van der Waals surface area contributed by atoms with Crippen LogP contribution in [0.25, 0.3) is 28.0 Å². The molecule has 36 heavy (non-hydrogen) atoms. The second kappa shape index (κ2) is 9.65. The van der Waals surface area contributed by atoms with E-state index in [9.17, 15) is 9.59 Å². The number of rotatable bonds is 7. The van der Waals surface area contributed by atoms with Crippen molar-refractivity contribution in [2.24, 2.45) is 7.05 Å². The predicted molar refractivity (Wildman–Crippen MR) is 140 cm³/mol. The molecule has 0 fully saturated rings. The molecule has 3 aromatic heterocycles. The molecule has 3 heterocycles. The van der Waals surface area contributed by atoms with E-state index in [2.05, 4.69) is 15.4 Å². The molecule has 2 aromatic carbocycles. The highest BCUT2D eigenvalue weighted by atomic mass is 16.1. The van der Waals surface area contributed by atoms with E-state index in [1.54, 1.807) is 4.68 Å². The van der Waals surface area contributed by atoms with Gasteiger partial charge in [0.2, 0.25) is 5.91 Å². The van der Waals surface area contributed by atoms with Gasteiger partial charge in [0.15, 0.2) is 0 Å². The molecule has 0 saturated heterocycles. The molecular weight excluding hydrogens is 452 g/mol. The lowest BCUT2D eigenvalue weighted by atomic mass is 10.0. The van der Waals surface area contributed by atoms with Crippen LogP contribution in [0.15, 0.2) is 71.7 Å². The topological polar surface area (TPSA) is 97.6 Å². The van der Waals surface area contributed by atoms with Crippen LogP contribution in [0.3, 0.4) is 0 Å². The Morgan fingerprint density at radius 2 is 1.69 bits per heavy atom. The summed E-state index contributed by atoms with van der Waals surface area (Å²) in [6, 6.07) is 19.8. The number of hydrogen-bond acceptors (Lipinski definition) is 4. The summed E-state index contributed by atoms with van der Waals surface area (Å²) >= 11 is 0. The van der Waals surface area contributed by atoms with Crippen LogP contribution in [0.4, 0.5) is 0 Å². The molecule has 182 valence electrons. The zero-order valence-electron chi connectivity index (χ0n) is 20.6. The highest BCUT2D eigenvalue weighted by Gasteiger charge is 2.17. The molecule has 8 heteroatoms.